The third-order valence-electron chi connectivity index (χ3n) is 2.81. The molecule has 1 rings (SSSR count). The van der Waals surface area contributed by atoms with Gasteiger partial charge in [-0.15, -0.1) is 0 Å². The molecule has 0 bridgehead atoms. The lowest BCUT2D eigenvalue weighted by Gasteiger charge is -2.23. The number of benzene rings is 1. The van der Waals surface area contributed by atoms with Crippen LogP contribution in [0.1, 0.15) is 31.1 Å². The van der Waals surface area contributed by atoms with Crippen molar-refractivity contribution < 1.29 is 19.1 Å². The zero-order valence-corrected chi connectivity index (χ0v) is 15.5. The molecular formula is C16H20Cl2N2O4. The van der Waals surface area contributed by atoms with E-state index in [2.05, 4.69) is 5.32 Å². The van der Waals surface area contributed by atoms with Crippen LogP contribution in [0.15, 0.2) is 18.2 Å². The number of ether oxygens (including phenoxy) is 1. The molecular weight excluding hydrogens is 355 g/mol. The molecule has 0 heterocycles. The van der Waals surface area contributed by atoms with Crippen LogP contribution in [0.5, 0.6) is 0 Å². The highest BCUT2D eigenvalue weighted by Crippen LogP contribution is 2.24. The SMILES string of the molecule is CN(CC(=O)NC(C)(C)C)C(=O)COC(=O)c1c(Cl)cccc1Cl. The molecule has 0 saturated carbocycles. The number of carbonyl (C=O) groups excluding carboxylic acids is 3. The first-order chi connectivity index (χ1) is 11.0. The Morgan fingerprint density at radius 1 is 1.17 bits per heavy atom. The summed E-state index contributed by atoms with van der Waals surface area (Å²) in [6.07, 6.45) is 0. The van der Waals surface area contributed by atoms with E-state index in [1.807, 2.05) is 20.8 Å². The van der Waals surface area contributed by atoms with Gasteiger partial charge in [-0.2, -0.15) is 0 Å². The smallest absolute Gasteiger partial charge is 0.341 e. The molecule has 24 heavy (non-hydrogen) atoms. The van der Waals surface area contributed by atoms with Crippen molar-refractivity contribution in [1.82, 2.24) is 10.2 Å². The van der Waals surface area contributed by atoms with Crippen molar-refractivity contribution in [1.29, 1.82) is 0 Å². The predicted octanol–water partition coefficient (Wildman–Crippen LogP) is 2.52. The molecule has 0 unspecified atom stereocenters. The Hall–Kier alpha value is -1.79. The molecule has 0 radical (unpaired) electrons. The number of esters is 1. The zero-order valence-electron chi connectivity index (χ0n) is 14.0. The first-order valence-electron chi connectivity index (χ1n) is 7.17. The largest absolute Gasteiger partial charge is 0.452 e. The van der Waals surface area contributed by atoms with Crippen LogP contribution in [0.2, 0.25) is 10.0 Å². The summed E-state index contributed by atoms with van der Waals surface area (Å²) in [6, 6.07) is 4.58. The van der Waals surface area contributed by atoms with Crippen LogP contribution >= 0.6 is 23.2 Å². The molecule has 0 aliphatic rings. The standard InChI is InChI=1S/C16H20Cl2N2O4/c1-16(2,3)19-12(21)8-20(4)13(22)9-24-15(23)14-10(17)6-5-7-11(14)18/h5-7H,8-9H2,1-4H3,(H,19,21). The van der Waals surface area contributed by atoms with Gasteiger partial charge in [-0.1, -0.05) is 29.3 Å². The van der Waals surface area contributed by atoms with Crippen molar-refractivity contribution in [3.8, 4) is 0 Å². The number of amides is 2. The lowest BCUT2D eigenvalue weighted by Crippen LogP contribution is -2.46. The second-order valence-corrected chi connectivity index (χ2v) is 7.04. The van der Waals surface area contributed by atoms with E-state index in [0.717, 1.165) is 0 Å². The summed E-state index contributed by atoms with van der Waals surface area (Å²) in [7, 11) is 1.45. The molecule has 1 aromatic carbocycles. The van der Waals surface area contributed by atoms with Gasteiger partial charge in [0, 0.05) is 12.6 Å². The van der Waals surface area contributed by atoms with E-state index >= 15 is 0 Å². The van der Waals surface area contributed by atoms with Crippen LogP contribution < -0.4 is 5.32 Å². The Morgan fingerprint density at radius 3 is 2.21 bits per heavy atom. The van der Waals surface area contributed by atoms with Gasteiger partial charge >= 0.3 is 5.97 Å². The molecule has 132 valence electrons. The summed E-state index contributed by atoms with van der Waals surface area (Å²) < 4.78 is 4.92. The van der Waals surface area contributed by atoms with E-state index < -0.39 is 24.0 Å². The van der Waals surface area contributed by atoms with Gasteiger partial charge in [-0.05, 0) is 32.9 Å². The highest BCUT2D eigenvalue weighted by atomic mass is 35.5. The van der Waals surface area contributed by atoms with Gasteiger partial charge in [0.2, 0.25) is 5.91 Å². The van der Waals surface area contributed by atoms with E-state index in [-0.39, 0.29) is 28.1 Å². The predicted molar refractivity (Wildman–Crippen MR) is 92.3 cm³/mol. The second-order valence-electron chi connectivity index (χ2n) is 6.22. The van der Waals surface area contributed by atoms with Gasteiger partial charge in [-0.25, -0.2) is 4.79 Å². The molecule has 0 aliphatic heterocycles. The summed E-state index contributed by atoms with van der Waals surface area (Å²) in [5.41, 5.74) is -0.393. The van der Waals surface area contributed by atoms with Crippen LogP contribution in [0.4, 0.5) is 0 Å². The van der Waals surface area contributed by atoms with Gasteiger partial charge in [0.25, 0.3) is 5.91 Å². The number of nitrogens with zero attached hydrogens (tertiary/aromatic N) is 1. The third kappa shape index (κ3) is 6.37. The van der Waals surface area contributed by atoms with Crippen molar-refractivity contribution >= 4 is 41.0 Å². The Labute approximate surface area is 151 Å². The van der Waals surface area contributed by atoms with Crippen molar-refractivity contribution in [2.24, 2.45) is 0 Å². The number of hydrogen-bond donors (Lipinski definition) is 1. The normalized spacial score (nSPS) is 10.9. The molecule has 0 aromatic heterocycles. The van der Waals surface area contributed by atoms with Crippen LogP contribution in [0.3, 0.4) is 0 Å². The van der Waals surface area contributed by atoms with E-state index in [1.165, 1.54) is 24.1 Å². The second kappa shape index (κ2) is 8.35. The lowest BCUT2D eigenvalue weighted by atomic mass is 10.1. The fraction of sp³-hybridized carbons (Fsp3) is 0.438. The molecule has 6 nitrogen and oxygen atoms in total. The number of carbonyl (C=O) groups is 3. The number of halogens is 2. The van der Waals surface area contributed by atoms with Crippen molar-refractivity contribution in [3.63, 3.8) is 0 Å². The van der Waals surface area contributed by atoms with Gasteiger partial charge in [0.1, 0.15) is 0 Å². The number of likely N-dealkylation sites (N-methyl/N-ethyl adjacent to an activating group) is 1. The maximum Gasteiger partial charge on any atom is 0.341 e. The minimum absolute atomic E-state index is 0.00163. The van der Waals surface area contributed by atoms with Crippen LogP contribution in [0.25, 0.3) is 0 Å². The first-order valence-corrected chi connectivity index (χ1v) is 7.93. The quantitative estimate of drug-likeness (QED) is 0.803. The van der Waals surface area contributed by atoms with Crippen molar-refractivity contribution in [3.05, 3.63) is 33.8 Å². The summed E-state index contributed by atoms with van der Waals surface area (Å²) in [5, 5.41) is 3.01. The summed E-state index contributed by atoms with van der Waals surface area (Å²) in [6.45, 7) is 4.85. The topological polar surface area (TPSA) is 75.7 Å². The van der Waals surface area contributed by atoms with Gasteiger partial charge in [0.05, 0.1) is 22.2 Å². The van der Waals surface area contributed by atoms with E-state index in [1.54, 1.807) is 6.07 Å². The third-order valence-corrected chi connectivity index (χ3v) is 3.44. The lowest BCUT2D eigenvalue weighted by molar-refractivity contribution is -0.137. The summed E-state index contributed by atoms with van der Waals surface area (Å²) in [4.78, 5) is 36.9. The van der Waals surface area contributed by atoms with E-state index in [4.69, 9.17) is 27.9 Å². The maximum atomic E-state index is 12.0. The Balaban J connectivity index is 2.56. The molecule has 0 spiro atoms. The number of nitrogens with one attached hydrogen (secondary N) is 1. The van der Waals surface area contributed by atoms with Gasteiger partial charge in [-0.3, -0.25) is 9.59 Å². The Morgan fingerprint density at radius 2 is 1.71 bits per heavy atom. The van der Waals surface area contributed by atoms with Crippen LogP contribution in [-0.2, 0) is 14.3 Å². The average molecular weight is 375 g/mol. The van der Waals surface area contributed by atoms with Gasteiger partial charge in [0.15, 0.2) is 6.61 Å². The van der Waals surface area contributed by atoms with Gasteiger partial charge < -0.3 is 15.0 Å². The molecule has 1 aromatic rings. The van der Waals surface area contributed by atoms with Crippen molar-refractivity contribution in [2.75, 3.05) is 20.2 Å². The molecule has 2 amide bonds. The highest BCUT2D eigenvalue weighted by Gasteiger charge is 2.21. The molecule has 0 fully saturated rings. The van der Waals surface area contributed by atoms with Crippen molar-refractivity contribution in [2.45, 2.75) is 26.3 Å². The molecule has 1 N–H and O–H groups in total. The monoisotopic (exact) mass is 374 g/mol. The summed E-state index contributed by atoms with van der Waals surface area (Å²) >= 11 is 11.8. The average Bonchev–Trinajstić information content (AvgIpc) is 2.42. The molecule has 8 heteroatoms. The maximum absolute atomic E-state index is 12.0. The van der Waals surface area contributed by atoms with Crippen LogP contribution in [0, 0.1) is 0 Å². The number of rotatable bonds is 5. The Kier molecular flexibility index (Phi) is 7.05. The zero-order chi connectivity index (χ0) is 18.5. The summed E-state index contributed by atoms with van der Waals surface area (Å²) in [5.74, 6) is -1.62. The Bertz CT molecular complexity index is 621. The highest BCUT2D eigenvalue weighted by molar-refractivity contribution is 6.39. The fourth-order valence-corrected chi connectivity index (χ4v) is 2.32. The minimum atomic E-state index is -0.800. The fourth-order valence-electron chi connectivity index (χ4n) is 1.76. The minimum Gasteiger partial charge on any atom is -0.452 e. The number of hydrogen-bond acceptors (Lipinski definition) is 4. The van der Waals surface area contributed by atoms with E-state index in [0.29, 0.717) is 0 Å². The molecule has 0 saturated heterocycles. The molecule has 0 atom stereocenters. The first kappa shape index (κ1) is 20.3. The molecule has 0 aliphatic carbocycles. The van der Waals surface area contributed by atoms with E-state index in [9.17, 15) is 14.4 Å². The van der Waals surface area contributed by atoms with Crippen LogP contribution in [-0.4, -0.2) is 48.4 Å².